The van der Waals surface area contributed by atoms with Crippen molar-refractivity contribution < 1.29 is 18.3 Å². The third-order valence-corrected chi connectivity index (χ3v) is 3.88. The fourth-order valence-electron chi connectivity index (χ4n) is 2.76. The molecule has 0 saturated carbocycles. The third kappa shape index (κ3) is 2.84. The van der Waals surface area contributed by atoms with E-state index >= 15 is 0 Å². The highest BCUT2D eigenvalue weighted by molar-refractivity contribution is 5.85. The van der Waals surface area contributed by atoms with Crippen LogP contribution in [0.15, 0.2) is 42.5 Å². The number of aliphatic hydroxyl groups is 1. The second-order valence-corrected chi connectivity index (χ2v) is 5.26. The van der Waals surface area contributed by atoms with Crippen LogP contribution in [0.3, 0.4) is 0 Å². The molecule has 3 N–H and O–H groups in total. The van der Waals surface area contributed by atoms with E-state index in [-0.39, 0.29) is 12.4 Å². The van der Waals surface area contributed by atoms with Gasteiger partial charge in [0.25, 0.3) is 0 Å². The van der Waals surface area contributed by atoms with Gasteiger partial charge in [-0.3, -0.25) is 0 Å². The first-order valence-electron chi connectivity index (χ1n) is 6.59. The summed E-state index contributed by atoms with van der Waals surface area (Å²) >= 11 is 0. The molecule has 22 heavy (non-hydrogen) atoms. The normalized spacial score (nSPS) is 15.5. The zero-order chi connectivity index (χ0) is 15.2. The zero-order valence-electron chi connectivity index (χ0n) is 11.5. The zero-order valence-corrected chi connectivity index (χ0v) is 12.3. The Morgan fingerprint density at radius 1 is 1.00 bits per heavy atom. The van der Waals surface area contributed by atoms with E-state index in [4.69, 9.17) is 5.73 Å². The summed E-state index contributed by atoms with van der Waals surface area (Å²) in [4.78, 5) is 0. The van der Waals surface area contributed by atoms with E-state index in [1.54, 1.807) is 18.2 Å². The maximum atomic E-state index is 12.5. The summed E-state index contributed by atoms with van der Waals surface area (Å²) in [7, 11) is 0. The van der Waals surface area contributed by atoms with Crippen LogP contribution < -0.4 is 5.73 Å². The minimum atomic E-state index is -4.72. The molecule has 3 rings (SSSR count). The monoisotopic (exact) mass is 329 g/mol. The van der Waals surface area contributed by atoms with E-state index in [0.29, 0.717) is 12.0 Å². The molecule has 2 nitrogen and oxygen atoms in total. The summed E-state index contributed by atoms with van der Waals surface area (Å²) in [6.07, 6.45) is -6.60. The van der Waals surface area contributed by atoms with Crippen LogP contribution in [0.5, 0.6) is 0 Å². The standard InChI is InChI=1S/C16H14F3NO.ClH/c17-16(18,19)15(21)14(20)10-5-6-13-11(8-10)7-9-3-1-2-4-12(9)13;/h1-6,8,14-15,21H,7,20H2;1H/t14-,15-;/m0./s1. The van der Waals surface area contributed by atoms with Crippen molar-refractivity contribution >= 4 is 12.4 Å². The highest BCUT2D eigenvalue weighted by atomic mass is 35.5. The van der Waals surface area contributed by atoms with Crippen LogP contribution in [0, 0.1) is 0 Å². The molecule has 0 aromatic heterocycles. The molecule has 118 valence electrons. The molecule has 0 heterocycles. The fraction of sp³-hybridized carbons (Fsp3) is 0.250. The molecule has 0 bridgehead atoms. The van der Waals surface area contributed by atoms with Crippen LogP contribution >= 0.6 is 12.4 Å². The number of hydrogen-bond donors (Lipinski definition) is 2. The molecular formula is C16H15ClF3NO. The van der Waals surface area contributed by atoms with E-state index < -0.39 is 18.3 Å². The highest BCUT2D eigenvalue weighted by Gasteiger charge is 2.42. The van der Waals surface area contributed by atoms with Crippen LogP contribution in [-0.2, 0) is 6.42 Å². The van der Waals surface area contributed by atoms with Crippen molar-refractivity contribution in [2.24, 2.45) is 5.73 Å². The maximum Gasteiger partial charge on any atom is 0.416 e. The van der Waals surface area contributed by atoms with Crippen molar-refractivity contribution in [3.8, 4) is 11.1 Å². The van der Waals surface area contributed by atoms with Gasteiger partial charge in [0.2, 0.25) is 0 Å². The Morgan fingerprint density at radius 2 is 1.64 bits per heavy atom. The second kappa shape index (κ2) is 5.91. The van der Waals surface area contributed by atoms with E-state index in [1.807, 2.05) is 24.3 Å². The topological polar surface area (TPSA) is 46.2 Å². The van der Waals surface area contributed by atoms with Gasteiger partial charge in [0.1, 0.15) is 0 Å². The summed E-state index contributed by atoms with van der Waals surface area (Å²) in [6.45, 7) is 0. The lowest BCUT2D eigenvalue weighted by Gasteiger charge is -2.22. The molecule has 2 aromatic rings. The van der Waals surface area contributed by atoms with Gasteiger partial charge in [-0.2, -0.15) is 13.2 Å². The molecule has 1 aliphatic rings. The van der Waals surface area contributed by atoms with E-state index in [0.717, 1.165) is 22.3 Å². The lowest BCUT2D eigenvalue weighted by atomic mass is 9.97. The number of fused-ring (bicyclic) bond motifs is 3. The van der Waals surface area contributed by atoms with Gasteiger partial charge in [-0.05, 0) is 34.2 Å². The maximum absolute atomic E-state index is 12.5. The Kier molecular flexibility index (Phi) is 4.52. The van der Waals surface area contributed by atoms with Crippen LogP contribution in [-0.4, -0.2) is 17.4 Å². The highest BCUT2D eigenvalue weighted by Crippen LogP contribution is 2.38. The van der Waals surface area contributed by atoms with Crippen molar-refractivity contribution in [1.82, 2.24) is 0 Å². The Labute approximate surface area is 132 Å². The smallest absolute Gasteiger partial charge is 0.382 e. The third-order valence-electron chi connectivity index (χ3n) is 3.88. The number of benzene rings is 2. The van der Waals surface area contributed by atoms with Crippen molar-refractivity contribution in [2.45, 2.75) is 24.7 Å². The predicted octanol–water partition coefficient (Wildman–Crippen LogP) is 3.60. The van der Waals surface area contributed by atoms with Crippen molar-refractivity contribution in [3.05, 3.63) is 59.2 Å². The Balaban J connectivity index is 0.00000176. The van der Waals surface area contributed by atoms with E-state index in [2.05, 4.69) is 0 Å². The van der Waals surface area contributed by atoms with Crippen LogP contribution in [0.25, 0.3) is 11.1 Å². The Hall–Kier alpha value is -1.56. The molecule has 0 fully saturated rings. The van der Waals surface area contributed by atoms with Gasteiger partial charge in [-0.25, -0.2) is 0 Å². The first-order chi connectivity index (χ1) is 9.88. The first-order valence-corrected chi connectivity index (χ1v) is 6.59. The summed E-state index contributed by atoms with van der Waals surface area (Å²) < 4.78 is 37.6. The first kappa shape index (κ1) is 16.8. The summed E-state index contributed by atoms with van der Waals surface area (Å²) in [6, 6.07) is 11.4. The van der Waals surface area contributed by atoms with Crippen LogP contribution in [0.2, 0.25) is 0 Å². The number of halogens is 4. The van der Waals surface area contributed by atoms with Crippen molar-refractivity contribution in [2.75, 3.05) is 0 Å². The molecule has 2 atom stereocenters. The van der Waals surface area contributed by atoms with Crippen molar-refractivity contribution in [3.63, 3.8) is 0 Å². The molecule has 6 heteroatoms. The van der Waals surface area contributed by atoms with Gasteiger partial charge >= 0.3 is 6.18 Å². The Morgan fingerprint density at radius 3 is 2.32 bits per heavy atom. The average molecular weight is 330 g/mol. The van der Waals surface area contributed by atoms with Gasteiger partial charge in [0.05, 0.1) is 6.04 Å². The largest absolute Gasteiger partial charge is 0.416 e. The van der Waals surface area contributed by atoms with Gasteiger partial charge in [0, 0.05) is 0 Å². The van der Waals surface area contributed by atoms with E-state index in [1.165, 1.54) is 0 Å². The molecule has 1 aliphatic carbocycles. The summed E-state index contributed by atoms with van der Waals surface area (Å²) in [5, 5.41) is 9.28. The Bertz CT molecular complexity index is 687. The molecular weight excluding hydrogens is 315 g/mol. The second-order valence-electron chi connectivity index (χ2n) is 5.26. The van der Waals surface area contributed by atoms with Gasteiger partial charge in [-0.1, -0.05) is 42.5 Å². The quantitative estimate of drug-likeness (QED) is 0.754. The minimum Gasteiger partial charge on any atom is -0.382 e. The lowest BCUT2D eigenvalue weighted by molar-refractivity contribution is -0.210. The van der Waals surface area contributed by atoms with E-state index in [9.17, 15) is 18.3 Å². The summed E-state index contributed by atoms with van der Waals surface area (Å²) in [5.41, 5.74) is 10.1. The fourth-order valence-corrected chi connectivity index (χ4v) is 2.76. The van der Waals surface area contributed by atoms with Crippen LogP contribution in [0.1, 0.15) is 22.7 Å². The lowest BCUT2D eigenvalue weighted by Crippen LogP contribution is -2.38. The minimum absolute atomic E-state index is 0. The number of alkyl halides is 3. The number of nitrogens with two attached hydrogens (primary N) is 1. The molecule has 0 aliphatic heterocycles. The molecule has 0 saturated heterocycles. The molecule has 0 radical (unpaired) electrons. The molecule has 2 aromatic carbocycles. The molecule has 0 spiro atoms. The van der Waals surface area contributed by atoms with Gasteiger partial charge < -0.3 is 10.8 Å². The molecule has 0 unspecified atom stereocenters. The average Bonchev–Trinajstić information content (AvgIpc) is 2.82. The van der Waals surface area contributed by atoms with Gasteiger partial charge in [-0.15, -0.1) is 12.4 Å². The summed E-state index contributed by atoms with van der Waals surface area (Å²) in [5.74, 6) is 0. The van der Waals surface area contributed by atoms with Crippen molar-refractivity contribution in [1.29, 1.82) is 0 Å². The predicted molar refractivity (Wildman–Crippen MR) is 80.9 cm³/mol. The molecule has 0 amide bonds. The number of hydrogen-bond acceptors (Lipinski definition) is 2. The number of aliphatic hydroxyl groups excluding tert-OH is 1. The van der Waals surface area contributed by atoms with Crippen LogP contribution in [0.4, 0.5) is 13.2 Å². The van der Waals surface area contributed by atoms with Gasteiger partial charge in [0.15, 0.2) is 6.10 Å². The number of rotatable bonds is 2. The SMILES string of the molecule is Cl.N[C@@H](c1ccc2c(c1)Cc1ccccc1-2)[C@H](O)C(F)(F)F.